The van der Waals surface area contributed by atoms with Crippen molar-refractivity contribution in [1.82, 2.24) is 9.88 Å². The van der Waals surface area contributed by atoms with E-state index in [1.165, 1.54) is 28.4 Å². The average molecular weight is 405 g/mol. The molecule has 1 aliphatic rings. The van der Waals surface area contributed by atoms with E-state index in [1.807, 2.05) is 35.7 Å². The second-order valence-corrected chi connectivity index (χ2v) is 8.59. The molecule has 0 spiro atoms. The first-order valence-electron chi connectivity index (χ1n) is 9.11. The second kappa shape index (κ2) is 6.93. The fourth-order valence-corrected chi connectivity index (χ4v) is 3.95. The van der Waals surface area contributed by atoms with Crippen LogP contribution in [0.1, 0.15) is 51.8 Å². The number of nitrogens with one attached hydrogen (secondary N) is 1. The van der Waals surface area contributed by atoms with E-state index in [1.54, 1.807) is 26.8 Å². The number of aromatic nitrogens is 1. The number of anilines is 1. The lowest BCUT2D eigenvalue weighted by molar-refractivity contribution is 0.0507. The Labute approximate surface area is 172 Å². The molecule has 4 rings (SSSR count). The number of benzene rings is 2. The van der Waals surface area contributed by atoms with E-state index in [0.717, 1.165) is 11.3 Å². The number of fused-ring (bicyclic) bond motifs is 1. The summed E-state index contributed by atoms with van der Waals surface area (Å²) < 4.78 is 0. The van der Waals surface area contributed by atoms with Crippen molar-refractivity contribution in [3.63, 3.8) is 0 Å². The van der Waals surface area contributed by atoms with Crippen molar-refractivity contribution in [3.05, 3.63) is 70.6 Å². The molecule has 1 aromatic heterocycles. The van der Waals surface area contributed by atoms with Gasteiger partial charge in [-0.1, -0.05) is 30.3 Å². The molecule has 0 atom stereocenters. The lowest BCUT2D eigenvalue weighted by Gasteiger charge is -2.29. The lowest BCUT2D eigenvalue weighted by Crippen LogP contribution is -2.45. The van der Waals surface area contributed by atoms with E-state index in [4.69, 9.17) is 0 Å². The van der Waals surface area contributed by atoms with Crippen LogP contribution in [0.3, 0.4) is 0 Å². The van der Waals surface area contributed by atoms with Gasteiger partial charge in [0.05, 0.1) is 16.8 Å². The van der Waals surface area contributed by atoms with Gasteiger partial charge in [-0.15, -0.1) is 11.3 Å². The predicted molar refractivity (Wildman–Crippen MR) is 112 cm³/mol. The SMILES string of the molecule is CC(C)(C)N1C(=O)c2ccc(C(=O)Nc3nc(-c4ccccc4)cs3)cc2C1=O. The topological polar surface area (TPSA) is 79.4 Å². The fraction of sp³-hybridized carbons (Fsp3) is 0.182. The molecule has 7 heteroatoms. The van der Waals surface area contributed by atoms with Crippen LogP contribution in [0, 0.1) is 0 Å². The molecule has 0 bridgehead atoms. The second-order valence-electron chi connectivity index (χ2n) is 7.73. The van der Waals surface area contributed by atoms with Crippen molar-refractivity contribution in [2.45, 2.75) is 26.3 Å². The van der Waals surface area contributed by atoms with Crippen molar-refractivity contribution in [3.8, 4) is 11.3 Å². The van der Waals surface area contributed by atoms with Crippen molar-refractivity contribution < 1.29 is 14.4 Å². The van der Waals surface area contributed by atoms with Crippen LogP contribution in [0.2, 0.25) is 0 Å². The van der Waals surface area contributed by atoms with Gasteiger partial charge in [-0.25, -0.2) is 4.98 Å². The van der Waals surface area contributed by atoms with Crippen LogP contribution >= 0.6 is 11.3 Å². The summed E-state index contributed by atoms with van der Waals surface area (Å²) in [7, 11) is 0. The highest BCUT2D eigenvalue weighted by molar-refractivity contribution is 7.14. The van der Waals surface area contributed by atoms with Gasteiger partial charge in [0.2, 0.25) is 0 Å². The summed E-state index contributed by atoms with van der Waals surface area (Å²) in [4.78, 5) is 43.6. The zero-order valence-electron chi connectivity index (χ0n) is 16.2. The Morgan fingerprint density at radius 3 is 2.38 bits per heavy atom. The van der Waals surface area contributed by atoms with Crippen LogP contribution in [-0.2, 0) is 0 Å². The van der Waals surface area contributed by atoms with Crippen LogP contribution in [0.5, 0.6) is 0 Å². The highest BCUT2D eigenvalue weighted by Gasteiger charge is 2.42. The molecular formula is C22H19N3O3S. The van der Waals surface area contributed by atoms with E-state index in [-0.39, 0.29) is 23.3 Å². The molecule has 0 saturated heterocycles. The van der Waals surface area contributed by atoms with Gasteiger partial charge in [0, 0.05) is 22.0 Å². The summed E-state index contributed by atoms with van der Waals surface area (Å²) in [6.45, 7) is 5.40. The van der Waals surface area contributed by atoms with Crippen molar-refractivity contribution >= 4 is 34.2 Å². The Hall–Kier alpha value is -3.32. The third-order valence-electron chi connectivity index (χ3n) is 4.61. The maximum absolute atomic E-state index is 12.7. The predicted octanol–water partition coefficient (Wildman–Crippen LogP) is 4.46. The first-order chi connectivity index (χ1) is 13.8. The molecule has 29 heavy (non-hydrogen) atoms. The van der Waals surface area contributed by atoms with E-state index in [0.29, 0.717) is 16.3 Å². The van der Waals surface area contributed by atoms with Gasteiger partial charge in [0.15, 0.2) is 5.13 Å². The summed E-state index contributed by atoms with van der Waals surface area (Å²) in [6, 6.07) is 14.2. The van der Waals surface area contributed by atoms with Crippen LogP contribution in [-0.4, -0.2) is 33.1 Å². The first kappa shape index (κ1) is 19.0. The molecule has 0 radical (unpaired) electrons. The number of thiazole rings is 1. The molecule has 0 unspecified atom stereocenters. The Bertz CT molecular complexity index is 1130. The van der Waals surface area contributed by atoms with Crippen LogP contribution < -0.4 is 5.32 Å². The molecular weight excluding hydrogens is 386 g/mol. The molecule has 3 aromatic rings. The van der Waals surface area contributed by atoms with Crippen molar-refractivity contribution in [2.75, 3.05) is 5.32 Å². The number of carbonyl (C=O) groups is 3. The largest absolute Gasteiger partial charge is 0.298 e. The number of carbonyl (C=O) groups excluding carboxylic acids is 3. The number of imide groups is 1. The van der Waals surface area contributed by atoms with E-state index < -0.39 is 5.54 Å². The zero-order chi connectivity index (χ0) is 20.8. The maximum Gasteiger partial charge on any atom is 0.262 e. The molecule has 1 N–H and O–H groups in total. The smallest absolute Gasteiger partial charge is 0.262 e. The summed E-state index contributed by atoms with van der Waals surface area (Å²) in [5.74, 6) is -1.10. The molecule has 1 aliphatic heterocycles. The van der Waals surface area contributed by atoms with Gasteiger partial charge in [0.1, 0.15) is 0 Å². The first-order valence-corrected chi connectivity index (χ1v) is 9.99. The highest BCUT2D eigenvalue weighted by Crippen LogP contribution is 2.30. The summed E-state index contributed by atoms with van der Waals surface area (Å²) in [5, 5.41) is 5.10. The minimum Gasteiger partial charge on any atom is -0.298 e. The number of amides is 3. The quantitative estimate of drug-likeness (QED) is 0.653. The molecule has 2 aromatic carbocycles. The molecule has 0 fully saturated rings. The molecule has 6 nitrogen and oxygen atoms in total. The van der Waals surface area contributed by atoms with Crippen molar-refractivity contribution in [2.24, 2.45) is 0 Å². The minimum absolute atomic E-state index is 0.252. The monoisotopic (exact) mass is 405 g/mol. The fourth-order valence-electron chi connectivity index (χ4n) is 3.23. The Morgan fingerprint density at radius 1 is 1.00 bits per heavy atom. The highest BCUT2D eigenvalue weighted by atomic mass is 32.1. The molecule has 2 heterocycles. The van der Waals surface area contributed by atoms with Gasteiger partial charge >= 0.3 is 0 Å². The molecule has 0 saturated carbocycles. The lowest BCUT2D eigenvalue weighted by atomic mass is 10.1. The summed E-state index contributed by atoms with van der Waals surface area (Å²) >= 11 is 1.33. The van der Waals surface area contributed by atoms with Crippen molar-refractivity contribution in [1.29, 1.82) is 0 Å². The molecule has 146 valence electrons. The van der Waals surface area contributed by atoms with E-state index in [2.05, 4.69) is 10.3 Å². The number of hydrogen-bond acceptors (Lipinski definition) is 5. The normalized spacial score (nSPS) is 13.6. The molecule has 3 amide bonds. The maximum atomic E-state index is 12.7. The molecule has 0 aliphatic carbocycles. The number of rotatable bonds is 3. The van der Waals surface area contributed by atoms with Gasteiger partial charge < -0.3 is 0 Å². The zero-order valence-corrected chi connectivity index (χ0v) is 17.0. The average Bonchev–Trinajstić information content (AvgIpc) is 3.25. The van der Waals surface area contributed by atoms with Gasteiger partial charge in [-0.05, 0) is 39.0 Å². The Morgan fingerprint density at radius 2 is 1.69 bits per heavy atom. The van der Waals surface area contributed by atoms with Crippen LogP contribution in [0.15, 0.2) is 53.9 Å². The Kier molecular flexibility index (Phi) is 4.55. The standard InChI is InChI=1S/C22H19N3O3S/c1-22(2,3)25-19(27)15-10-9-14(11-16(15)20(25)28)18(26)24-21-23-17(12-29-21)13-7-5-4-6-8-13/h4-12H,1-3H3,(H,23,24,26). The van der Waals surface area contributed by atoms with Gasteiger partial charge in [-0.3, -0.25) is 24.6 Å². The number of hydrogen-bond donors (Lipinski definition) is 1. The van der Waals surface area contributed by atoms with E-state index in [9.17, 15) is 14.4 Å². The minimum atomic E-state index is -0.635. The van der Waals surface area contributed by atoms with Crippen LogP contribution in [0.4, 0.5) is 5.13 Å². The summed E-state index contributed by atoms with van der Waals surface area (Å²) in [5.41, 5.74) is 1.99. The van der Waals surface area contributed by atoms with Gasteiger partial charge in [-0.2, -0.15) is 0 Å². The Balaban J connectivity index is 1.56. The van der Waals surface area contributed by atoms with Crippen LogP contribution in [0.25, 0.3) is 11.3 Å². The third kappa shape index (κ3) is 3.45. The van der Waals surface area contributed by atoms with Gasteiger partial charge in [0.25, 0.3) is 17.7 Å². The van der Waals surface area contributed by atoms with E-state index >= 15 is 0 Å². The summed E-state index contributed by atoms with van der Waals surface area (Å²) in [6.07, 6.45) is 0. The number of nitrogens with zero attached hydrogens (tertiary/aromatic N) is 2. The third-order valence-corrected chi connectivity index (χ3v) is 5.37.